The Morgan fingerprint density at radius 1 is 0.800 bits per heavy atom. The van der Waals surface area contributed by atoms with Crippen LogP contribution in [-0.4, -0.2) is 37.4 Å². The smallest absolute Gasteiger partial charge is 0.330 e. The van der Waals surface area contributed by atoms with Crippen LogP contribution < -0.4 is 0 Å². The third kappa shape index (κ3) is 18.8. The van der Waals surface area contributed by atoms with E-state index in [1.807, 2.05) is 0 Å². The van der Waals surface area contributed by atoms with E-state index in [-0.39, 0.29) is 24.8 Å². The number of unbranched alkanes of at least 4 members (excludes halogenated alkanes) is 7. The van der Waals surface area contributed by atoms with Crippen molar-refractivity contribution in [3.63, 3.8) is 0 Å². The maximum absolute atomic E-state index is 11.5. The molecule has 0 bridgehead atoms. The summed E-state index contributed by atoms with van der Waals surface area (Å²) < 4.78 is 15.4. The summed E-state index contributed by atoms with van der Waals surface area (Å²) >= 11 is 0. The van der Waals surface area contributed by atoms with Gasteiger partial charge in [-0.2, -0.15) is 0 Å². The zero-order valence-electron chi connectivity index (χ0n) is 16.3. The Kier molecular flexibility index (Phi) is 14.1. The van der Waals surface area contributed by atoms with Crippen LogP contribution >= 0.6 is 0 Å². The van der Waals surface area contributed by atoms with Crippen LogP contribution in [0, 0.1) is 0 Å². The van der Waals surface area contributed by atoms with E-state index in [0.717, 1.165) is 38.4 Å². The molecule has 146 valence electrons. The monoisotopic (exact) mass is 356 g/mol. The second-order valence-electron chi connectivity index (χ2n) is 7.13. The van der Waals surface area contributed by atoms with Crippen molar-refractivity contribution in [1.82, 2.24) is 0 Å². The van der Waals surface area contributed by atoms with Gasteiger partial charge in [0.25, 0.3) is 0 Å². The Hall–Kier alpha value is -1.36. The molecule has 0 saturated carbocycles. The van der Waals surface area contributed by atoms with Crippen molar-refractivity contribution in [2.75, 3.05) is 19.8 Å². The Labute approximate surface area is 153 Å². The van der Waals surface area contributed by atoms with Crippen LogP contribution in [0.25, 0.3) is 0 Å². The summed E-state index contributed by atoms with van der Waals surface area (Å²) in [6.45, 7) is 10.6. The van der Waals surface area contributed by atoms with Gasteiger partial charge in [0.2, 0.25) is 0 Å². The average molecular weight is 357 g/mol. The molecule has 0 amide bonds. The molecule has 0 atom stereocenters. The summed E-state index contributed by atoms with van der Waals surface area (Å²) in [5, 5.41) is 0. The van der Waals surface area contributed by atoms with Crippen molar-refractivity contribution < 1.29 is 23.8 Å². The van der Waals surface area contributed by atoms with Gasteiger partial charge in [0, 0.05) is 19.1 Å². The third-order valence-electron chi connectivity index (χ3n) is 3.57. The minimum Gasteiger partial charge on any atom is -0.462 e. The van der Waals surface area contributed by atoms with E-state index in [1.165, 1.54) is 25.7 Å². The Bertz CT molecular complexity index is 371. The molecule has 0 saturated heterocycles. The Morgan fingerprint density at radius 3 is 1.88 bits per heavy atom. The van der Waals surface area contributed by atoms with Gasteiger partial charge in [-0.1, -0.05) is 45.1 Å². The summed E-state index contributed by atoms with van der Waals surface area (Å²) in [6.07, 6.45) is 10.6. The van der Waals surface area contributed by atoms with E-state index in [1.54, 1.807) is 0 Å². The first-order valence-electron chi connectivity index (χ1n) is 9.44. The molecular weight excluding hydrogens is 320 g/mol. The van der Waals surface area contributed by atoms with Crippen molar-refractivity contribution >= 4 is 11.9 Å². The van der Waals surface area contributed by atoms with E-state index in [0.29, 0.717) is 6.42 Å². The van der Waals surface area contributed by atoms with Crippen LogP contribution in [0.2, 0.25) is 0 Å². The lowest BCUT2D eigenvalue weighted by Gasteiger charge is -2.19. The molecule has 0 unspecified atom stereocenters. The van der Waals surface area contributed by atoms with Crippen LogP contribution in [0.15, 0.2) is 12.7 Å². The van der Waals surface area contributed by atoms with Crippen LogP contribution in [0.5, 0.6) is 0 Å². The SMILES string of the molecule is C=CC(=O)OCCOC(=O)CCCCCCCCCCOC(C)(C)C. The van der Waals surface area contributed by atoms with Crippen LogP contribution in [0.3, 0.4) is 0 Å². The lowest BCUT2D eigenvalue weighted by Crippen LogP contribution is -2.19. The average Bonchev–Trinajstić information content (AvgIpc) is 2.55. The summed E-state index contributed by atoms with van der Waals surface area (Å²) in [5.74, 6) is -0.730. The van der Waals surface area contributed by atoms with E-state index in [4.69, 9.17) is 14.2 Å². The summed E-state index contributed by atoms with van der Waals surface area (Å²) in [7, 11) is 0. The molecule has 0 aromatic heterocycles. The minimum atomic E-state index is -0.502. The molecule has 0 aromatic carbocycles. The molecule has 0 aromatic rings. The number of carbonyl (C=O) groups excluding carboxylic acids is 2. The van der Waals surface area contributed by atoms with E-state index in [9.17, 15) is 9.59 Å². The van der Waals surface area contributed by atoms with Gasteiger partial charge < -0.3 is 14.2 Å². The molecule has 0 aliphatic carbocycles. The molecule has 0 heterocycles. The highest BCUT2D eigenvalue weighted by Gasteiger charge is 2.08. The van der Waals surface area contributed by atoms with E-state index >= 15 is 0 Å². The minimum absolute atomic E-state index is 0.0306. The highest BCUT2D eigenvalue weighted by Crippen LogP contribution is 2.12. The fraction of sp³-hybridized carbons (Fsp3) is 0.800. The first kappa shape index (κ1) is 23.6. The van der Waals surface area contributed by atoms with Crippen molar-refractivity contribution in [2.45, 2.75) is 84.2 Å². The predicted octanol–water partition coefficient (Wildman–Crippen LogP) is 4.58. The number of ether oxygens (including phenoxy) is 3. The molecule has 5 nitrogen and oxygen atoms in total. The standard InChI is InChI=1S/C20H36O5/c1-5-18(21)23-16-17-24-19(22)14-12-10-8-6-7-9-11-13-15-25-20(2,3)4/h5H,1,6-17H2,2-4H3. The molecule has 0 radical (unpaired) electrons. The van der Waals surface area contributed by atoms with Crippen molar-refractivity contribution in [3.05, 3.63) is 12.7 Å². The Morgan fingerprint density at radius 2 is 1.32 bits per heavy atom. The molecule has 0 fully saturated rings. The largest absolute Gasteiger partial charge is 0.462 e. The summed E-state index contributed by atoms with van der Waals surface area (Å²) in [6, 6.07) is 0. The number of hydrogen-bond donors (Lipinski definition) is 0. The fourth-order valence-corrected chi connectivity index (χ4v) is 2.24. The zero-order valence-corrected chi connectivity index (χ0v) is 16.3. The van der Waals surface area contributed by atoms with Gasteiger partial charge in [0.05, 0.1) is 5.60 Å². The van der Waals surface area contributed by atoms with Crippen molar-refractivity contribution in [3.8, 4) is 0 Å². The molecule has 0 aliphatic rings. The van der Waals surface area contributed by atoms with Crippen LogP contribution in [0.4, 0.5) is 0 Å². The Balaban J connectivity index is 3.26. The van der Waals surface area contributed by atoms with Crippen LogP contribution in [0.1, 0.15) is 78.6 Å². The topological polar surface area (TPSA) is 61.8 Å². The summed E-state index contributed by atoms with van der Waals surface area (Å²) in [4.78, 5) is 22.2. The zero-order chi connectivity index (χ0) is 19.0. The molecule has 5 heteroatoms. The second kappa shape index (κ2) is 14.9. The number of carbonyl (C=O) groups is 2. The molecular formula is C20H36O5. The van der Waals surface area contributed by atoms with Gasteiger partial charge >= 0.3 is 11.9 Å². The quantitative estimate of drug-likeness (QED) is 0.244. The highest BCUT2D eigenvalue weighted by atomic mass is 16.6. The van der Waals surface area contributed by atoms with Crippen molar-refractivity contribution in [2.24, 2.45) is 0 Å². The van der Waals surface area contributed by atoms with Gasteiger partial charge in [0.15, 0.2) is 0 Å². The number of rotatable bonds is 15. The van der Waals surface area contributed by atoms with Crippen LogP contribution in [-0.2, 0) is 23.8 Å². The maximum atomic E-state index is 11.5. The van der Waals surface area contributed by atoms with E-state index < -0.39 is 5.97 Å². The first-order chi connectivity index (χ1) is 11.8. The van der Waals surface area contributed by atoms with Gasteiger partial charge in [-0.25, -0.2) is 4.79 Å². The normalized spacial score (nSPS) is 11.2. The highest BCUT2D eigenvalue weighted by molar-refractivity contribution is 5.81. The molecule has 0 spiro atoms. The predicted molar refractivity (Wildman–Crippen MR) is 99.4 cm³/mol. The maximum Gasteiger partial charge on any atom is 0.330 e. The lowest BCUT2D eigenvalue weighted by molar-refractivity contribution is -0.149. The van der Waals surface area contributed by atoms with Gasteiger partial charge in [-0.15, -0.1) is 0 Å². The molecule has 0 N–H and O–H groups in total. The lowest BCUT2D eigenvalue weighted by atomic mass is 10.1. The second-order valence-corrected chi connectivity index (χ2v) is 7.13. The number of hydrogen-bond acceptors (Lipinski definition) is 5. The fourth-order valence-electron chi connectivity index (χ4n) is 2.24. The van der Waals surface area contributed by atoms with Gasteiger partial charge in [0.1, 0.15) is 13.2 Å². The van der Waals surface area contributed by atoms with E-state index in [2.05, 4.69) is 27.4 Å². The van der Waals surface area contributed by atoms with Gasteiger partial charge in [-0.3, -0.25) is 4.79 Å². The molecule has 0 rings (SSSR count). The summed E-state index contributed by atoms with van der Waals surface area (Å²) in [5.41, 5.74) is -0.0306. The van der Waals surface area contributed by atoms with Crippen molar-refractivity contribution in [1.29, 1.82) is 0 Å². The molecule has 25 heavy (non-hydrogen) atoms. The third-order valence-corrected chi connectivity index (χ3v) is 3.57. The van der Waals surface area contributed by atoms with Gasteiger partial charge in [-0.05, 0) is 33.6 Å². The molecule has 0 aliphatic heterocycles. The first-order valence-corrected chi connectivity index (χ1v) is 9.44. The number of esters is 2.